The van der Waals surface area contributed by atoms with Gasteiger partial charge in [0.2, 0.25) is 5.75 Å². The van der Waals surface area contributed by atoms with Crippen molar-refractivity contribution in [1.82, 2.24) is 5.16 Å². The number of esters is 1. The quantitative estimate of drug-likeness (QED) is 0.317. The Morgan fingerprint density at radius 2 is 1.61 bits per heavy atom. The van der Waals surface area contributed by atoms with Crippen LogP contribution in [0.15, 0.2) is 47.0 Å². The van der Waals surface area contributed by atoms with E-state index >= 15 is 0 Å². The summed E-state index contributed by atoms with van der Waals surface area (Å²) in [5.74, 6) is 1.77. The number of ether oxygens (including phenoxy) is 6. The van der Waals surface area contributed by atoms with Gasteiger partial charge in [-0.3, -0.25) is 0 Å². The summed E-state index contributed by atoms with van der Waals surface area (Å²) in [5.41, 5.74) is 1.68. The maximum atomic E-state index is 11.5. The number of nitrogens with zero attached hydrogens (tertiary/aromatic N) is 1. The normalized spacial score (nSPS) is 11.1. The number of methoxy groups -OCH3 is 5. The molecule has 9 heteroatoms. The van der Waals surface area contributed by atoms with Crippen LogP contribution in [0.4, 0.5) is 0 Å². The molecule has 0 aliphatic carbocycles. The van der Waals surface area contributed by atoms with Crippen molar-refractivity contribution in [3.8, 4) is 23.0 Å². The molecular weight excluding hydrogens is 430 g/mol. The molecule has 0 fully saturated rings. The third kappa shape index (κ3) is 5.71. The number of rotatable bonds is 10. The minimum atomic E-state index is -0.575. The van der Waals surface area contributed by atoms with Gasteiger partial charge in [0.1, 0.15) is 5.75 Å². The standard InChI is InChI=1S/C24H25NO8/c1-27-20-12-15(6-9-18-14-19(25-33-18)23(26)29-3)13-21(22(20)28-2)32-17-10-7-16(8-11-17)24(30-4)31-5/h6-14,24H,1-5H3/b9-6+. The Hall–Kier alpha value is -3.82. The fraction of sp³-hybridized carbons (Fsp3) is 0.250. The number of carbonyl (C=O) groups is 1. The molecule has 0 N–H and O–H groups in total. The molecule has 0 saturated heterocycles. The van der Waals surface area contributed by atoms with Gasteiger partial charge in [0.05, 0.1) is 21.3 Å². The fourth-order valence-electron chi connectivity index (χ4n) is 3.06. The average Bonchev–Trinajstić information content (AvgIpc) is 3.33. The Balaban J connectivity index is 1.87. The minimum absolute atomic E-state index is 0.0844. The van der Waals surface area contributed by atoms with E-state index in [0.717, 1.165) is 11.1 Å². The third-order valence-electron chi connectivity index (χ3n) is 4.64. The molecule has 2 aromatic carbocycles. The van der Waals surface area contributed by atoms with Gasteiger partial charge in [0, 0.05) is 25.8 Å². The van der Waals surface area contributed by atoms with Crippen molar-refractivity contribution in [3.05, 3.63) is 65.0 Å². The van der Waals surface area contributed by atoms with Crippen molar-refractivity contribution in [2.75, 3.05) is 35.5 Å². The number of aromatic nitrogens is 1. The zero-order valence-electron chi connectivity index (χ0n) is 19.0. The lowest BCUT2D eigenvalue weighted by Crippen LogP contribution is -2.03. The van der Waals surface area contributed by atoms with Crippen LogP contribution in [-0.4, -0.2) is 46.7 Å². The monoisotopic (exact) mass is 455 g/mol. The maximum absolute atomic E-state index is 11.5. The van der Waals surface area contributed by atoms with Crippen molar-refractivity contribution < 1.29 is 37.7 Å². The SMILES string of the molecule is COC(=O)c1cc(/C=C/c2cc(OC)c(OC)c(Oc3ccc(C(OC)OC)cc3)c2)on1. The molecule has 0 bridgehead atoms. The van der Waals surface area contributed by atoms with Gasteiger partial charge < -0.3 is 32.9 Å². The number of hydrogen-bond acceptors (Lipinski definition) is 9. The molecular formula is C24H25NO8. The Bertz CT molecular complexity index is 1100. The highest BCUT2D eigenvalue weighted by molar-refractivity contribution is 5.87. The molecule has 1 aromatic heterocycles. The van der Waals surface area contributed by atoms with Crippen LogP contribution in [0.3, 0.4) is 0 Å². The van der Waals surface area contributed by atoms with E-state index in [1.54, 1.807) is 57.7 Å². The molecule has 0 amide bonds. The maximum Gasteiger partial charge on any atom is 0.360 e. The van der Waals surface area contributed by atoms with Gasteiger partial charge in [0.15, 0.2) is 29.2 Å². The highest BCUT2D eigenvalue weighted by Gasteiger charge is 2.16. The fourth-order valence-corrected chi connectivity index (χ4v) is 3.06. The summed E-state index contributed by atoms with van der Waals surface area (Å²) in [6.45, 7) is 0. The zero-order chi connectivity index (χ0) is 23.8. The second-order valence-corrected chi connectivity index (χ2v) is 6.67. The van der Waals surface area contributed by atoms with Crippen LogP contribution in [-0.2, 0) is 14.2 Å². The van der Waals surface area contributed by atoms with E-state index in [1.807, 2.05) is 12.1 Å². The van der Waals surface area contributed by atoms with Gasteiger partial charge in [-0.25, -0.2) is 4.79 Å². The van der Waals surface area contributed by atoms with Crippen LogP contribution in [0.5, 0.6) is 23.0 Å². The van der Waals surface area contributed by atoms with Gasteiger partial charge in [-0.2, -0.15) is 0 Å². The van der Waals surface area contributed by atoms with E-state index in [1.165, 1.54) is 20.3 Å². The van der Waals surface area contributed by atoms with Gasteiger partial charge in [0.25, 0.3) is 0 Å². The molecule has 174 valence electrons. The molecule has 33 heavy (non-hydrogen) atoms. The van der Waals surface area contributed by atoms with E-state index in [9.17, 15) is 4.79 Å². The molecule has 3 aromatic rings. The topological polar surface area (TPSA) is 98.5 Å². The average molecular weight is 455 g/mol. The first-order valence-corrected chi connectivity index (χ1v) is 9.85. The van der Waals surface area contributed by atoms with Crippen LogP contribution in [0, 0.1) is 0 Å². The van der Waals surface area contributed by atoms with Crippen LogP contribution in [0.25, 0.3) is 12.2 Å². The summed E-state index contributed by atoms with van der Waals surface area (Å²) in [6.07, 6.45) is 2.97. The molecule has 1 heterocycles. The van der Waals surface area contributed by atoms with Gasteiger partial charge in [-0.1, -0.05) is 23.4 Å². The highest BCUT2D eigenvalue weighted by Crippen LogP contribution is 2.41. The van der Waals surface area contributed by atoms with Crippen LogP contribution < -0.4 is 14.2 Å². The second kappa shape index (κ2) is 11.2. The summed E-state index contributed by atoms with van der Waals surface area (Å²) in [4.78, 5) is 11.5. The van der Waals surface area contributed by atoms with Gasteiger partial charge in [-0.15, -0.1) is 0 Å². The lowest BCUT2D eigenvalue weighted by molar-refractivity contribution is -0.106. The molecule has 0 saturated carbocycles. The molecule has 0 aliphatic heterocycles. The van der Waals surface area contributed by atoms with Crippen LogP contribution in [0.1, 0.15) is 33.7 Å². The first-order valence-electron chi connectivity index (χ1n) is 9.85. The first-order chi connectivity index (χ1) is 16.0. The van der Waals surface area contributed by atoms with Crippen molar-refractivity contribution in [2.24, 2.45) is 0 Å². The van der Waals surface area contributed by atoms with Crippen LogP contribution >= 0.6 is 0 Å². The summed E-state index contributed by atoms with van der Waals surface area (Å²) in [5, 5.41) is 3.68. The van der Waals surface area contributed by atoms with Crippen molar-refractivity contribution >= 4 is 18.1 Å². The highest BCUT2D eigenvalue weighted by atomic mass is 16.7. The number of benzene rings is 2. The van der Waals surface area contributed by atoms with Crippen molar-refractivity contribution in [2.45, 2.75) is 6.29 Å². The van der Waals surface area contributed by atoms with Crippen LogP contribution in [0.2, 0.25) is 0 Å². The van der Waals surface area contributed by atoms with Crippen molar-refractivity contribution in [3.63, 3.8) is 0 Å². The molecule has 0 unspecified atom stereocenters. The summed E-state index contributed by atoms with van der Waals surface area (Å²) in [6, 6.07) is 12.4. The van der Waals surface area contributed by atoms with Gasteiger partial charge in [-0.05, 0) is 35.9 Å². The number of hydrogen-bond donors (Lipinski definition) is 0. The smallest absolute Gasteiger partial charge is 0.360 e. The summed E-state index contributed by atoms with van der Waals surface area (Å²) >= 11 is 0. The molecule has 9 nitrogen and oxygen atoms in total. The van der Waals surface area contributed by atoms with Crippen molar-refractivity contribution in [1.29, 1.82) is 0 Å². The van der Waals surface area contributed by atoms with E-state index in [2.05, 4.69) is 9.89 Å². The molecule has 0 atom stereocenters. The largest absolute Gasteiger partial charge is 0.493 e. The predicted molar refractivity (Wildman–Crippen MR) is 120 cm³/mol. The number of carbonyl (C=O) groups excluding carboxylic acids is 1. The first kappa shape index (κ1) is 23.8. The van der Waals surface area contributed by atoms with E-state index < -0.39 is 12.3 Å². The third-order valence-corrected chi connectivity index (χ3v) is 4.64. The van der Waals surface area contributed by atoms with E-state index in [4.69, 9.17) is 28.2 Å². The Kier molecular flexibility index (Phi) is 8.06. The van der Waals surface area contributed by atoms with E-state index in [-0.39, 0.29) is 5.69 Å². The minimum Gasteiger partial charge on any atom is -0.493 e. The summed E-state index contributed by atoms with van der Waals surface area (Å²) < 4.78 is 37.3. The molecule has 0 radical (unpaired) electrons. The Labute approximate surface area is 191 Å². The lowest BCUT2D eigenvalue weighted by atomic mass is 10.1. The zero-order valence-corrected chi connectivity index (χ0v) is 19.0. The lowest BCUT2D eigenvalue weighted by Gasteiger charge is -2.16. The molecule has 0 spiro atoms. The predicted octanol–water partition coefficient (Wildman–Crippen LogP) is 4.73. The second-order valence-electron chi connectivity index (χ2n) is 6.67. The Morgan fingerprint density at radius 3 is 2.21 bits per heavy atom. The molecule has 3 rings (SSSR count). The molecule has 0 aliphatic rings. The van der Waals surface area contributed by atoms with Gasteiger partial charge >= 0.3 is 5.97 Å². The summed E-state index contributed by atoms with van der Waals surface area (Å²) in [7, 11) is 7.50. The van der Waals surface area contributed by atoms with E-state index in [0.29, 0.717) is 28.8 Å². The Morgan fingerprint density at radius 1 is 0.909 bits per heavy atom.